The van der Waals surface area contributed by atoms with E-state index in [9.17, 15) is 0 Å². The second kappa shape index (κ2) is 6.28. The van der Waals surface area contributed by atoms with Crippen LogP contribution in [0.3, 0.4) is 0 Å². The number of rotatable bonds is 3. The van der Waals surface area contributed by atoms with E-state index in [1.165, 1.54) is 31.4 Å². The van der Waals surface area contributed by atoms with Gasteiger partial charge in [0.25, 0.3) is 0 Å². The average molecular weight is 272 g/mol. The highest BCUT2D eigenvalue weighted by Crippen LogP contribution is 2.32. The van der Waals surface area contributed by atoms with Gasteiger partial charge in [0.1, 0.15) is 0 Å². The molecule has 2 aliphatic rings. The average Bonchev–Trinajstić information content (AvgIpc) is 2.88. The maximum atomic E-state index is 3.71. The van der Waals surface area contributed by atoms with Crippen LogP contribution in [0.2, 0.25) is 0 Å². The zero-order chi connectivity index (χ0) is 13.9. The van der Waals surface area contributed by atoms with Crippen molar-refractivity contribution in [3.05, 3.63) is 35.9 Å². The molecule has 2 heteroatoms. The maximum absolute atomic E-state index is 3.71. The number of piperazine rings is 1. The lowest BCUT2D eigenvalue weighted by molar-refractivity contribution is 0.120. The molecule has 0 bridgehead atoms. The summed E-state index contributed by atoms with van der Waals surface area (Å²) in [6.07, 6.45) is 4.31. The Morgan fingerprint density at radius 2 is 1.95 bits per heavy atom. The fourth-order valence-corrected chi connectivity index (χ4v) is 3.91. The number of hydrogen-bond acceptors (Lipinski definition) is 2. The van der Waals surface area contributed by atoms with E-state index in [0.29, 0.717) is 12.1 Å². The molecule has 2 fully saturated rings. The smallest absolute Gasteiger partial charge is 0.0449 e. The highest BCUT2D eigenvalue weighted by Gasteiger charge is 2.30. The Bertz CT molecular complexity index is 417. The molecular weight excluding hydrogens is 244 g/mol. The van der Waals surface area contributed by atoms with Gasteiger partial charge in [-0.05, 0) is 37.2 Å². The van der Waals surface area contributed by atoms with Gasteiger partial charge in [-0.25, -0.2) is 0 Å². The van der Waals surface area contributed by atoms with Crippen LogP contribution in [0, 0.1) is 11.8 Å². The Balaban J connectivity index is 1.61. The lowest BCUT2D eigenvalue weighted by atomic mass is 9.99. The van der Waals surface area contributed by atoms with Crippen LogP contribution < -0.4 is 5.32 Å². The van der Waals surface area contributed by atoms with Gasteiger partial charge in [-0.15, -0.1) is 0 Å². The molecular formula is C18H28N2. The quantitative estimate of drug-likeness (QED) is 0.906. The number of benzene rings is 1. The van der Waals surface area contributed by atoms with Crippen molar-refractivity contribution in [2.75, 3.05) is 19.6 Å². The largest absolute Gasteiger partial charge is 0.307 e. The van der Waals surface area contributed by atoms with Gasteiger partial charge in [0.2, 0.25) is 0 Å². The molecule has 4 atom stereocenters. The standard InChI is InChI=1S/C18H28N2/c1-14-8-9-16(10-14)12-20-13-18(19-11-15(20)2)17-6-4-3-5-7-17/h3-7,14-16,18-19H,8-13H2,1-2H3. The molecule has 1 saturated carbocycles. The van der Waals surface area contributed by atoms with Gasteiger partial charge in [0.15, 0.2) is 0 Å². The van der Waals surface area contributed by atoms with E-state index >= 15 is 0 Å². The molecule has 1 aliphatic heterocycles. The first-order chi connectivity index (χ1) is 9.72. The zero-order valence-corrected chi connectivity index (χ0v) is 12.9. The van der Waals surface area contributed by atoms with Crippen LogP contribution in [-0.4, -0.2) is 30.6 Å². The third kappa shape index (κ3) is 3.24. The summed E-state index contributed by atoms with van der Waals surface area (Å²) in [5.74, 6) is 1.88. The minimum atomic E-state index is 0.506. The van der Waals surface area contributed by atoms with Crippen molar-refractivity contribution in [1.29, 1.82) is 0 Å². The van der Waals surface area contributed by atoms with Crippen LogP contribution in [0.15, 0.2) is 30.3 Å². The molecule has 0 aromatic heterocycles. The molecule has 1 heterocycles. The van der Waals surface area contributed by atoms with Crippen molar-refractivity contribution in [2.24, 2.45) is 11.8 Å². The van der Waals surface area contributed by atoms with Crippen molar-refractivity contribution >= 4 is 0 Å². The normalized spacial score (nSPS) is 35.3. The summed E-state index contributed by atoms with van der Waals surface area (Å²) in [5, 5.41) is 3.71. The summed E-state index contributed by atoms with van der Waals surface area (Å²) in [6.45, 7) is 8.36. The monoisotopic (exact) mass is 272 g/mol. The second-order valence-electron chi connectivity index (χ2n) is 6.96. The SMILES string of the molecule is CC1CCC(CN2CC(c3ccccc3)NCC2C)C1. The summed E-state index contributed by atoms with van der Waals surface area (Å²) in [4.78, 5) is 2.72. The molecule has 1 aliphatic carbocycles. The topological polar surface area (TPSA) is 15.3 Å². The van der Waals surface area contributed by atoms with E-state index in [4.69, 9.17) is 0 Å². The van der Waals surface area contributed by atoms with Crippen molar-refractivity contribution < 1.29 is 0 Å². The van der Waals surface area contributed by atoms with E-state index < -0.39 is 0 Å². The first kappa shape index (κ1) is 14.1. The number of hydrogen-bond donors (Lipinski definition) is 1. The Morgan fingerprint density at radius 3 is 2.65 bits per heavy atom. The maximum Gasteiger partial charge on any atom is 0.0449 e. The van der Waals surface area contributed by atoms with E-state index in [-0.39, 0.29) is 0 Å². The third-order valence-corrected chi connectivity index (χ3v) is 5.20. The van der Waals surface area contributed by atoms with E-state index in [1.807, 2.05) is 0 Å². The highest BCUT2D eigenvalue weighted by atomic mass is 15.2. The lowest BCUT2D eigenvalue weighted by Gasteiger charge is -2.40. The molecule has 1 N–H and O–H groups in total. The van der Waals surface area contributed by atoms with Gasteiger partial charge in [-0.3, -0.25) is 4.90 Å². The highest BCUT2D eigenvalue weighted by molar-refractivity contribution is 5.20. The van der Waals surface area contributed by atoms with Crippen LogP contribution in [0.5, 0.6) is 0 Å². The van der Waals surface area contributed by atoms with Crippen LogP contribution in [0.25, 0.3) is 0 Å². The minimum absolute atomic E-state index is 0.506. The molecule has 0 spiro atoms. The Labute approximate surface area is 123 Å². The van der Waals surface area contributed by atoms with E-state index in [2.05, 4.69) is 54.4 Å². The first-order valence-electron chi connectivity index (χ1n) is 8.24. The van der Waals surface area contributed by atoms with Gasteiger partial charge >= 0.3 is 0 Å². The fourth-order valence-electron chi connectivity index (χ4n) is 3.91. The summed E-state index contributed by atoms with van der Waals surface area (Å²) in [7, 11) is 0. The third-order valence-electron chi connectivity index (χ3n) is 5.20. The molecule has 0 radical (unpaired) electrons. The predicted molar refractivity (Wildman–Crippen MR) is 84.7 cm³/mol. The van der Waals surface area contributed by atoms with Crippen molar-refractivity contribution in [3.63, 3.8) is 0 Å². The zero-order valence-electron chi connectivity index (χ0n) is 12.9. The number of nitrogens with one attached hydrogen (secondary N) is 1. The summed E-state index contributed by atoms with van der Waals surface area (Å²) in [6, 6.07) is 12.1. The van der Waals surface area contributed by atoms with Gasteiger partial charge < -0.3 is 5.32 Å². The molecule has 1 aromatic rings. The van der Waals surface area contributed by atoms with Crippen LogP contribution in [0.4, 0.5) is 0 Å². The van der Waals surface area contributed by atoms with Crippen molar-refractivity contribution in [1.82, 2.24) is 10.2 Å². The summed E-state index contributed by atoms with van der Waals surface area (Å²) < 4.78 is 0. The molecule has 1 aromatic carbocycles. The van der Waals surface area contributed by atoms with Gasteiger partial charge in [-0.1, -0.05) is 43.7 Å². The first-order valence-corrected chi connectivity index (χ1v) is 8.24. The summed E-state index contributed by atoms with van der Waals surface area (Å²) >= 11 is 0. The molecule has 4 unspecified atom stereocenters. The van der Waals surface area contributed by atoms with Gasteiger partial charge in [0, 0.05) is 31.7 Å². The Hall–Kier alpha value is -0.860. The van der Waals surface area contributed by atoms with E-state index in [1.54, 1.807) is 0 Å². The van der Waals surface area contributed by atoms with Crippen molar-refractivity contribution in [2.45, 2.75) is 45.2 Å². The summed E-state index contributed by atoms with van der Waals surface area (Å²) in [5.41, 5.74) is 1.43. The molecule has 2 nitrogen and oxygen atoms in total. The van der Waals surface area contributed by atoms with Crippen LogP contribution in [0.1, 0.15) is 44.7 Å². The van der Waals surface area contributed by atoms with Crippen LogP contribution in [-0.2, 0) is 0 Å². The number of nitrogens with zero attached hydrogens (tertiary/aromatic N) is 1. The molecule has 3 rings (SSSR count). The van der Waals surface area contributed by atoms with E-state index in [0.717, 1.165) is 24.9 Å². The Kier molecular flexibility index (Phi) is 4.42. The van der Waals surface area contributed by atoms with Crippen LogP contribution >= 0.6 is 0 Å². The van der Waals surface area contributed by atoms with Gasteiger partial charge in [0.05, 0.1) is 0 Å². The molecule has 20 heavy (non-hydrogen) atoms. The lowest BCUT2D eigenvalue weighted by Crippen LogP contribution is -2.52. The predicted octanol–water partition coefficient (Wildman–Crippen LogP) is 3.46. The minimum Gasteiger partial charge on any atom is -0.307 e. The fraction of sp³-hybridized carbons (Fsp3) is 0.667. The molecule has 0 amide bonds. The van der Waals surface area contributed by atoms with Crippen molar-refractivity contribution in [3.8, 4) is 0 Å². The Morgan fingerprint density at radius 1 is 1.15 bits per heavy atom. The second-order valence-corrected chi connectivity index (χ2v) is 6.96. The molecule has 110 valence electrons. The van der Waals surface area contributed by atoms with Gasteiger partial charge in [-0.2, -0.15) is 0 Å². The molecule has 1 saturated heterocycles.